The van der Waals surface area contributed by atoms with Gasteiger partial charge in [0.15, 0.2) is 0 Å². The molecule has 1 atom stereocenters. The Hall–Kier alpha value is -0.650. The predicted molar refractivity (Wildman–Crippen MR) is 77.1 cm³/mol. The van der Waals surface area contributed by atoms with E-state index in [-0.39, 0.29) is 0 Å². The van der Waals surface area contributed by atoms with Gasteiger partial charge in [-0.1, -0.05) is 23.7 Å². The number of halogens is 2. The van der Waals surface area contributed by atoms with Gasteiger partial charge in [0.25, 0.3) is 0 Å². The van der Waals surface area contributed by atoms with Crippen LogP contribution in [0.1, 0.15) is 17.2 Å². The average Bonchev–Trinajstić information content (AvgIpc) is 2.32. The van der Waals surface area contributed by atoms with Gasteiger partial charge in [-0.15, -0.1) is 0 Å². The molecule has 0 radical (unpaired) electrons. The minimum Gasteiger partial charge on any atom is -0.388 e. The van der Waals surface area contributed by atoms with Crippen LogP contribution in [0, 0.1) is 3.57 Å². The normalized spacial score (nSPS) is 12.4. The van der Waals surface area contributed by atoms with Crippen molar-refractivity contribution in [3.8, 4) is 0 Å². The number of benzene rings is 1. The van der Waals surface area contributed by atoms with Crippen LogP contribution < -0.4 is 0 Å². The van der Waals surface area contributed by atoms with E-state index in [0.717, 1.165) is 11.1 Å². The van der Waals surface area contributed by atoms with Crippen LogP contribution in [0.15, 0.2) is 42.6 Å². The Balaban J connectivity index is 2.11. The standard InChI is InChI=1S/C13H11ClINO/c14-13-8-10(5-6-16-13)12(17)7-9-1-3-11(15)4-2-9/h1-6,8,12,17H,7H2. The van der Waals surface area contributed by atoms with Crippen molar-refractivity contribution in [2.75, 3.05) is 0 Å². The van der Waals surface area contributed by atoms with Gasteiger partial charge in [-0.25, -0.2) is 4.98 Å². The monoisotopic (exact) mass is 359 g/mol. The van der Waals surface area contributed by atoms with Gasteiger partial charge < -0.3 is 5.11 Å². The summed E-state index contributed by atoms with van der Waals surface area (Å²) in [6, 6.07) is 11.6. The topological polar surface area (TPSA) is 33.1 Å². The van der Waals surface area contributed by atoms with Crippen molar-refractivity contribution in [2.24, 2.45) is 0 Å². The van der Waals surface area contributed by atoms with Gasteiger partial charge in [-0.3, -0.25) is 0 Å². The molecule has 0 saturated heterocycles. The molecule has 2 rings (SSSR count). The fraction of sp³-hybridized carbons (Fsp3) is 0.154. The lowest BCUT2D eigenvalue weighted by molar-refractivity contribution is 0.178. The summed E-state index contributed by atoms with van der Waals surface area (Å²) in [5.74, 6) is 0. The Morgan fingerprint density at radius 1 is 1.24 bits per heavy atom. The Kier molecular flexibility index (Phi) is 4.36. The van der Waals surface area contributed by atoms with Crippen LogP contribution in [-0.4, -0.2) is 10.1 Å². The molecular formula is C13H11ClINO. The van der Waals surface area contributed by atoms with Crippen LogP contribution in [0.5, 0.6) is 0 Å². The average molecular weight is 360 g/mol. The minimum atomic E-state index is -0.546. The third-order valence-corrected chi connectivity index (χ3v) is 3.40. The van der Waals surface area contributed by atoms with E-state index in [1.165, 1.54) is 3.57 Å². The molecule has 0 amide bonds. The van der Waals surface area contributed by atoms with Crippen LogP contribution in [0.2, 0.25) is 5.15 Å². The molecule has 0 aliphatic rings. The third kappa shape index (κ3) is 3.66. The second-order valence-corrected chi connectivity index (χ2v) is 5.39. The van der Waals surface area contributed by atoms with Crippen molar-refractivity contribution >= 4 is 34.2 Å². The number of rotatable bonds is 3. The fourth-order valence-corrected chi connectivity index (χ4v) is 2.13. The summed E-state index contributed by atoms with van der Waals surface area (Å²) in [6.07, 6.45) is 1.64. The second-order valence-electron chi connectivity index (χ2n) is 3.76. The predicted octanol–water partition coefficient (Wildman–Crippen LogP) is 3.62. The summed E-state index contributed by atoms with van der Waals surface area (Å²) in [5, 5.41) is 10.5. The largest absolute Gasteiger partial charge is 0.388 e. The second kappa shape index (κ2) is 5.80. The first-order valence-electron chi connectivity index (χ1n) is 5.19. The molecule has 1 heterocycles. The van der Waals surface area contributed by atoms with E-state index < -0.39 is 6.10 Å². The third-order valence-electron chi connectivity index (χ3n) is 2.48. The number of hydrogen-bond donors (Lipinski definition) is 1. The van der Waals surface area contributed by atoms with E-state index in [4.69, 9.17) is 11.6 Å². The van der Waals surface area contributed by atoms with Gasteiger partial charge >= 0.3 is 0 Å². The summed E-state index contributed by atoms with van der Waals surface area (Å²) in [4.78, 5) is 3.89. The number of hydrogen-bond acceptors (Lipinski definition) is 2. The van der Waals surface area contributed by atoms with E-state index in [2.05, 4.69) is 27.6 Å². The summed E-state index contributed by atoms with van der Waals surface area (Å²) in [7, 11) is 0. The molecule has 2 nitrogen and oxygen atoms in total. The zero-order valence-corrected chi connectivity index (χ0v) is 11.9. The molecule has 0 fully saturated rings. The van der Waals surface area contributed by atoms with Crippen molar-refractivity contribution in [3.63, 3.8) is 0 Å². The molecule has 0 saturated carbocycles. The van der Waals surface area contributed by atoms with Crippen LogP contribution in [0.3, 0.4) is 0 Å². The van der Waals surface area contributed by atoms with Crippen molar-refractivity contribution in [2.45, 2.75) is 12.5 Å². The maximum absolute atomic E-state index is 10.1. The molecule has 1 aromatic carbocycles. The summed E-state index contributed by atoms with van der Waals surface area (Å²) < 4.78 is 1.19. The highest BCUT2D eigenvalue weighted by Crippen LogP contribution is 2.20. The molecule has 1 unspecified atom stereocenters. The summed E-state index contributed by atoms with van der Waals surface area (Å²) >= 11 is 8.05. The highest BCUT2D eigenvalue weighted by molar-refractivity contribution is 14.1. The number of aliphatic hydroxyl groups excluding tert-OH is 1. The molecule has 1 N–H and O–H groups in total. The Morgan fingerprint density at radius 3 is 2.59 bits per heavy atom. The van der Waals surface area contributed by atoms with Crippen LogP contribution in [0.4, 0.5) is 0 Å². The van der Waals surface area contributed by atoms with Gasteiger partial charge in [-0.2, -0.15) is 0 Å². The zero-order valence-electron chi connectivity index (χ0n) is 8.98. The molecule has 0 aliphatic heterocycles. The number of aliphatic hydroxyl groups is 1. The maximum atomic E-state index is 10.1. The van der Waals surface area contributed by atoms with Crippen LogP contribution >= 0.6 is 34.2 Å². The van der Waals surface area contributed by atoms with Crippen molar-refractivity contribution in [1.82, 2.24) is 4.98 Å². The van der Waals surface area contributed by atoms with Crippen molar-refractivity contribution in [1.29, 1.82) is 0 Å². The lowest BCUT2D eigenvalue weighted by Gasteiger charge is -2.11. The quantitative estimate of drug-likeness (QED) is 0.671. The molecule has 2 aromatic rings. The highest BCUT2D eigenvalue weighted by Gasteiger charge is 2.09. The van der Waals surface area contributed by atoms with E-state index in [0.29, 0.717) is 11.6 Å². The highest BCUT2D eigenvalue weighted by atomic mass is 127. The van der Waals surface area contributed by atoms with E-state index in [9.17, 15) is 5.11 Å². The van der Waals surface area contributed by atoms with E-state index >= 15 is 0 Å². The molecule has 17 heavy (non-hydrogen) atoms. The molecule has 0 bridgehead atoms. The first-order chi connectivity index (χ1) is 8.15. The molecular weight excluding hydrogens is 349 g/mol. The first kappa shape index (κ1) is 12.8. The molecule has 0 aliphatic carbocycles. The van der Waals surface area contributed by atoms with Crippen molar-refractivity contribution in [3.05, 3.63) is 62.4 Å². The van der Waals surface area contributed by atoms with Gasteiger partial charge in [0.1, 0.15) is 5.15 Å². The van der Waals surface area contributed by atoms with Gasteiger partial charge in [0.2, 0.25) is 0 Å². The molecule has 1 aromatic heterocycles. The van der Waals surface area contributed by atoms with Gasteiger partial charge in [0.05, 0.1) is 6.10 Å². The fourth-order valence-electron chi connectivity index (χ4n) is 1.59. The molecule has 4 heteroatoms. The summed E-state index contributed by atoms with van der Waals surface area (Å²) in [6.45, 7) is 0. The van der Waals surface area contributed by atoms with Crippen molar-refractivity contribution < 1.29 is 5.11 Å². The SMILES string of the molecule is OC(Cc1ccc(I)cc1)c1ccnc(Cl)c1. The van der Waals surface area contributed by atoms with E-state index in [1.807, 2.05) is 24.3 Å². The molecule has 88 valence electrons. The summed E-state index contributed by atoms with van der Waals surface area (Å²) in [5.41, 5.74) is 1.90. The lowest BCUT2D eigenvalue weighted by atomic mass is 10.0. The Morgan fingerprint density at radius 2 is 1.94 bits per heavy atom. The lowest BCUT2D eigenvalue weighted by Crippen LogP contribution is -2.02. The van der Waals surface area contributed by atoms with E-state index in [1.54, 1.807) is 18.3 Å². The number of nitrogens with zero attached hydrogens (tertiary/aromatic N) is 1. The smallest absolute Gasteiger partial charge is 0.129 e. The van der Waals surface area contributed by atoms with Gasteiger partial charge in [0, 0.05) is 16.2 Å². The van der Waals surface area contributed by atoms with Gasteiger partial charge in [-0.05, 0) is 58.0 Å². The maximum Gasteiger partial charge on any atom is 0.129 e. The number of aromatic nitrogens is 1. The number of pyridine rings is 1. The minimum absolute atomic E-state index is 0.407. The zero-order chi connectivity index (χ0) is 12.3. The molecule has 0 spiro atoms. The van der Waals surface area contributed by atoms with Crippen LogP contribution in [-0.2, 0) is 6.42 Å². The Bertz CT molecular complexity index is 501. The first-order valence-corrected chi connectivity index (χ1v) is 6.65. The Labute approximate surface area is 119 Å². The van der Waals surface area contributed by atoms with Crippen LogP contribution in [0.25, 0.3) is 0 Å².